The Kier molecular flexibility index (Phi) is 5.68. The zero-order chi connectivity index (χ0) is 22.3. The van der Waals surface area contributed by atoms with Gasteiger partial charge in [0.2, 0.25) is 10.0 Å². The number of hydrogen-bond donors (Lipinski definition) is 0. The summed E-state index contributed by atoms with van der Waals surface area (Å²) < 4.78 is 26.2. The highest BCUT2D eigenvalue weighted by Crippen LogP contribution is 2.29. The molecule has 1 amide bonds. The maximum Gasteiger partial charge on any atom is 0.254 e. The van der Waals surface area contributed by atoms with Crippen molar-refractivity contribution in [2.75, 3.05) is 47.7 Å². The monoisotopic (exact) mass is 442 g/mol. The van der Waals surface area contributed by atoms with Crippen molar-refractivity contribution in [1.82, 2.24) is 9.88 Å². The summed E-state index contributed by atoms with van der Waals surface area (Å²) in [5.74, 6) is 1.26. The maximum absolute atomic E-state index is 13.1. The van der Waals surface area contributed by atoms with Crippen LogP contribution in [-0.4, -0.2) is 62.7 Å². The van der Waals surface area contributed by atoms with Crippen molar-refractivity contribution < 1.29 is 13.2 Å². The van der Waals surface area contributed by atoms with Crippen LogP contribution in [0.5, 0.6) is 0 Å². The van der Waals surface area contributed by atoms with E-state index < -0.39 is 10.0 Å². The minimum atomic E-state index is -3.27. The first-order valence-corrected chi connectivity index (χ1v) is 12.3. The van der Waals surface area contributed by atoms with Crippen LogP contribution in [0.15, 0.2) is 30.5 Å². The number of rotatable bonds is 3. The van der Waals surface area contributed by atoms with Gasteiger partial charge in [0.05, 0.1) is 11.4 Å². The molecule has 2 aliphatic heterocycles. The highest BCUT2D eigenvalue weighted by atomic mass is 32.2. The lowest BCUT2D eigenvalue weighted by Crippen LogP contribution is -2.49. The van der Waals surface area contributed by atoms with Gasteiger partial charge in [-0.15, -0.1) is 0 Å². The third kappa shape index (κ3) is 4.26. The number of sulfonamides is 1. The molecule has 1 atom stereocenters. The van der Waals surface area contributed by atoms with Gasteiger partial charge in [-0.05, 0) is 61.6 Å². The molecule has 1 aromatic carbocycles. The van der Waals surface area contributed by atoms with Crippen LogP contribution in [0.3, 0.4) is 0 Å². The number of anilines is 2. The van der Waals surface area contributed by atoms with Gasteiger partial charge in [-0.1, -0.05) is 13.0 Å². The van der Waals surface area contributed by atoms with Crippen molar-refractivity contribution in [2.45, 2.75) is 27.7 Å². The van der Waals surface area contributed by atoms with Crippen LogP contribution in [0.25, 0.3) is 0 Å². The molecule has 7 nitrogen and oxygen atoms in total. The van der Waals surface area contributed by atoms with E-state index in [1.807, 2.05) is 37.9 Å². The average molecular weight is 443 g/mol. The Balaban J connectivity index is 1.46. The molecule has 0 unspecified atom stereocenters. The van der Waals surface area contributed by atoms with Gasteiger partial charge in [0.25, 0.3) is 5.91 Å². The van der Waals surface area contributed by atoms with E-state index in [-0.39, 0.29) is 17.6 Å². The summed E-state index contributed by atoms with van der Waals surface area (Å²) in [7, 11) is -3.27. The number of hydrogen-bond acceptors (Lipinski definition) is 5. The number of carbonyl (C=O) groups excluding carboxylic acids is 1. The molecular formula is C23H30N4O3S. The lowest BCUT2D eigenvalue weighted by Gasteiger charge is -2.36. The number of nitrogens with zero attached hydrogens (tertiary/aromatic N) is 4. The number of aryl methyl sites for hydroxylation is 3. The predicted molar refractivity (Wildman–Crippen MR) is 123 cm³/mol. The fraction of sp³-hybridized carbons (Fsp3) is 0.478. The van der Waals surface area contributed by atoms with E-state index in [2.05, 4.69) is 22.9 Å². The predicted octanol–water partition coefficient (Wildman–Crippen LogP) is 2.76. The van der Waals surface area contributed by atoms with E-state index in [1.165, 1.54) is 4.31 Å². The fourth-order valence-corrected chi connectivity index (χ4v) is 6.46. The summed E-state index contributed by atoms with van der Waals surface area (Å²) in [6.45, 7) is 11.2. The summed E-state index contributed by atoms with van der Waals surface area (Å²) in [5, 5.41) is 0. The highest BCUT2D eigenvalue weighted by Gasteiger charge is 2.34. The molecule has 4 rings (SSSR count). The molecule has 3 heterocycles. The average Bonchev–Trinajstić information content (AvgIpc) is 2.99. The summed E-state index contributed by atoms with van der Waals surface area (Å²) >= 11 is 0. The number of carbonyl (C=O) groups is 1. The van der Waals surface area contributed by atoms with E-state index in [0.717, 1.165) is 35.6 Å². The van der Waals surface area contributed by atoms with Crippen molar-refractivity contribution in [3.05, 3.63) is 52.7 Å². The Hall–Kier alpha value is -2.61. The first-order valence-electron chi connectivity index (χ1n) is 10.7. The standard InChI is InChI=1S/C23H30N4O3S/c1-16-11-19(4)22(24-13-16)25-7-9-26(10-8-25)23(28)21-6-5-20(12-18(21)3)27-14-17(2)15-31(27,29)30/h5-6,11-13,17H,7-10,14-15H2,1-4H3/t17-/m0/s1. The van der Waals surface area contributed by atoms with Crippen LogP contribution in [0, 0.1) is 26.7 Å². The quantitative estimate of drug-likeness (QED) is 0.731. The van der Waals surface area contributed by atoms with Crippen molar-refractivity contribution in [2.24, 2.45) is 5.92 Å². The van der Waals surface area contributed by atoms with Gasteiger partial charge in [-0.3, -0.25) is 9.10 Å². The first-order chi connectivity index (χ1) is 14.7. The molecule has 2 fully saturated rings. The summed E-state index contributed by atoms with van der Waals surface area (Å²) in [6.07, 6.45) is 1.88. The van der Waals surface area contributed by atoms with Crippen LogP contribution < -0.4 is 9.21 Å². The van der Waals surface area contributed by atoms with Gasteiger partial charge in [0, 0.05) is 44.5 Å². The van der Waals surface area contributed by atoms with E-state index >= 15 is 0 Å². The summed E-state index contributed by atoms with van der Waals surface area (Å²) in [5.41, 5.74) is 4.37. The molecule has 2 aromatic rings. The Morgan fingerprint density at radius 2 is 1.74 bits per heavy atom. The van der Waals surface area contributed by atoms with Crippen LogP contribution >= 0.6 is 0 Å². The second-order valence-electron chi connectivity index (χ2n) is 8.85. The van der Waals surface area contributed by atoms with Gasteiger partial charge in [-0.25, -0.2) is 13.4 Å². The highest BCUT2D eigenvalue weighted by molar-refractivity contribution is 7.93. The van der Waals surface area contributed by atoms with E-state index in [1.54, 1.807) is 12.1 Å². The zero-order valence-electron chi connectivity index (χ0n) is 18.6. The zero-order valence-corrected chi connectivity index (χ0v) is 19.4. The molecule has 0 radical (unpaired) electrons. The molecule has 0 aliphatic carbocycles. The molecule has 0 spiro atoms. The van der Waals surface area contributed by atoms with Crippen molar-refractivity contribution in [1.29, 1.82) is 0 Å². The van der Waals surface area contributed by atoms with Crippen LogP contribution in [0.1, 0.15) is 34.0 Å². The molecule has 0 saturated carbocycles. The number of amides is 1. The molecular weight excluding hydrogens is 412 g/mol. The number of piperazine rings is 1. The second kappa shape index (κ2) is 8.15. The van der Waals surface area contributed by atoms with Crippen molar-refractivity contribution >= 4 is 27.4 Å². The lowest BCUT2D eigenvalue weighted by molar-refractivity contribution is 0.0746. The molecule has 0 N–H and O–H groups in total. The van der Waals surface area contributed by atoms with E-state index in [0.29, 0.717) is 30.9 Å². The largest absolute Gasteiger partial charge is 0.353 e. The van der Waals surface area contributed by atoms with Gasteiger partial charge >= 0.3 is 0 Å². The minimum absolute atomic E-state index is 0.00469. The lowest BCUT2D eigenvalue weighted by atomic mass is 10.1. The second-order valence-corrected chi connectivity index (χ2v) is 10.8. The fourth-order valence-electron chi connectivity index (χ4n) is 4.54. The third-order valence-electron chi connectivity index (χ3n) is 6.09. The molecule has 166 valence electrons. The first kappa shape index (κ1) is 21.6. The van der Waals surface area contributed by atoms with Crippen LogP contribution in [-0.2, 0) is 10.0 Å². The molecule has 2 aliphatic rings. The summed E-state index contributed by atoms with van der Waals surface area (Å²) in [4.78, 5) is 21.8. The maximum atomic E-state index is 13.1. The molecule has 1 aromatic heterocycles. The van der Waals surface area contributed by atoms with Crippen LogP contribution in [0.4, 0.5) is 11.5 Å². The van der Waals surface area contributed by atoms with Gasteiger partial charge in [0.1, 0.15) is 5.82 Å². The smallest absolute Gasteiger partial charge is 0.254 e. The van der Waals surface area contributed by atoms with E-state index in [9.17, 15) is 13.2 Å². The molecule has 31 heavy (non-hydrogen) atoms. The molecule has 2 saturated heterocycles. The van der Waals surface area contributed by atoms with Gasteiger partial charge in [-0.2, -0.15) is 0 Å². The Morgan fingerprint density at radius 3 is 2.32 bits per heavy atom. The Labute approximate surface area is 184 Å². The third-order valence-corrected chi connectivity index (χ3v) is 8.11. The Bertz CT molecular complexity index is 1110. The topological polar surface area (TPSA) is 73.8 Å². The van der Waals surface area contributed by atoms with E-state index in [4.69, 9.17) is 0 Å². The molecule has 8 heteroatoms. The molecule has 0 bridgehead atoms. The SMILES string of the molecule is Cc1cnc(N2CCN(C(=O)c3ccc(N4C[C@H](C)CS4(=O)=O)cc3C)CC2)c(C)c1. The van der Waals surface area contributed by atoms with Crippen molar-refractivity contribution in [3.8, 4) is 0 Å². The summed E-state index contributed by atoms with van der Waals surface area (Å²) in [6, 6.07) is 7.47. The van der Waals surface area contributed by atoms with Crippen molar-refractivity contribution in [3.63, 3.8) is 0 Å². The Morgan fingerprint density at radius 1 is 1.03 bits per heavy atom. The minimum Gasteiger partial charge on any atom is -0.353 e. The number of pyridine rings is 1. The number of aromatic nitrogens is 1. The van der Waals surface area contributed by atoms with Gasteiger partial charge in [0.15, 0.2) is 0 Å². The normalized spacial score (nSPS) is 20.9. The number of benzene rings is 1. The van der Waals surface area contributed by atoms with Crippen LogP contribution in [0.2, 0.25) is 0 Å². The van der Waals surface area contributed by atoms with Gasteiger partial charge < -0.3 is 9.80 Å².